The first kappa shape index (κ1) is 33.2. The highest BCUT2D eigenvalue weighted by atomic mass is 16.3. The Morgan fingerprint density at radius 2 is 1.09 bits per heavy atom. The summed E-state index contributed by atoms with van der Waals surface area (Å²) in [6.45, 7) is 9.56. The van der Waals surface area contributed by atoms with Crippen LogP contribution in [0.1, 0.15) is 91.3 Å². The molecule has 3 aromatic carbocycles. The number of aromatic hydroxyl groups is 3. The Balaban J connectivity index is 2.05. The summed E-state index contributed by atoms with van der Waals surface area (Å²) in [7, 11) is 0. The predicted molar refractivity (Wildman–Crippen MR) is 170 cm³/mol. The van der Waals surface area contributed by atoms with Crippen LogP contribution in [-0.2, 0) is 22.4 Å². The zero-order valence-corrected chi connectivity index (χ0v) is 26.5. The Bertz CT molecular complexity index is 1610. The third-order valence-electron chi connectivity index (χ3n) is 8.63. The van der Waals surface area contributed by atoms with Gasteiger partial charge in [0.25, 0.3) is 0 Å². The number of aliphatic hydroxyl groups excluding tert-OH is 1. The van der Waals surface area contributed by atoms with Crippen molar-refractivity contribution in [3.05, 3.63) is 99.8 Å². The molecule has 0 saturated heterocycles. The van der Waals surface area contributed by atoms with E-state index in [2.05, 4.69) is 0 Å². The largest absolute Gasteiger partial charge is 0.511 e. The Labute approximate surface area is 263 Å². The molecular weight excluding hydrogens is 572 g/mol. The Morgan fingerprint density at radius 3 is 1.49 bits per heavy atom. The van der Waals surface area contributed by atoms with Crippen LogP contribution in [0.4, 0.5) is 0 Å². The lowest BCUT2D eigenvalue weighted by Crippen LogP contribution is -2.49. The first-order valence-electron chi connectivity index (χ1n) is 15.0. The van der Waals surface area contributed by atoms with Gasteiger partial charge in [-0.3, -0.25) is 19.2 Å². The summed E-state index contributed by atoms with van der Waals surface area (Å²) in [6, 6.07) is 17.2. The molecule has 45 heavy (non-hydrogen) atoms. The zero-order chi connectivity index (χ0) is 33.4. The molecule has 1 aliphatic rings. The van der Waals surface area contributed by atoms with Crippen molar-refractivity contribution >= 4 is 23.1 Å². The fraction of sp³-hybridized carbons (Fsp3) is 0.351. The Morgan fingerprint density at radius 1 is 0.667 bits per heavy atom. The van der Waals surface area contributed by atoms with Crippen LogP contribution in [0.15, 0.2) is 72.0 Å². The van der Waals surface area contributed by atoms with E-state index in [1.165, 1.54) is 27.7 Å². The molecule has 3 aromatic rings. The fourth-order valence-corrected chi connectivity index (χ4v) is 6.28. The van der Waals surface area contributed by atoms with Gasteiger partial charge in [0.2, 0.25) is 0 Å². The predicted octanol–water partition coefficient (Wildman–Crippen LogP) is 6.80. The monoisotopic (exact) mass is 612 g/mol. The van der Waals surface area contributed by atoms with E-state index in [-0.39, 0.29) is 36.3 Å². The molecule has 0 heterocycles. The van der Waals surface area contributed by atoms with Crippen LogP contribution in [0.5, 0.6) is 17.2 Å². The summed E-state index contributed by atoms with van der Waals surface area (Å²) in [5.41, 5.74) is -3.57. The maximum Gasteiger partial charge on any atom is 0.175 e. The first-order valence-corrected chi connectivity index (χ1v) is 15.0. The number of ketones is 4. The smallest absolute Gasteiger partial charge is 0.175 e. The molecule has 0 amide bonds. The van der Waals surface area contributed by atoms with Crippen molar-refractivity contribution in [2.45, 2.75) is 66.7 Å². The summed E-state index contributed by atoms with van der Waals surface area (Å²) in [4.78, 5) is 54.8. The minimum Gasteiger partial charge on any atom is -0.511 e. The lowest BCUT2D eigenvalue weighted by Gasteiger charge is -2.41. The number of rotatable bonds is 10. The number of carbonyl (C=O) groups is 4. The van der Waals surface area contributed by atoms with Gasteiger partial charge in [0.05, 0.1) is 10.8 Å². The molecule has 0 spiro atoms. The molecule has 1 unspecified atom stereocenters. The molecule has 0 radical (unpaired) electrons. The average Bonchev–Trinajstić information content (AvgIpc) is 2.96. The molecule has 1 atom stereocenters. The highest BCUT2D eigenvalue weighted by Crippen LogP contribution is 2.54. The normalized spacial score (nSPS) is 16.6. The molecule has 0 aromatic heterocycles. The standard InChI is InChI=1S/C37H40O8/c1-20(2)17-23(27-33(43)36(3,4)35(45)37(5,6)34(27)44)26-30(40)28(24(38)18-21-13-9-7-10-14-21)32(42)29(31(26)41)25(39)19-22-15-11-8-12-16-22/h7-16,20,23,40-43H,17-19H2,1-6H3. The zero-order valence-electron chi connectivity index (χ0n) is 26.5. The number of hydrogen-bond acceptors (Lipinski definition) is 8. The second kappa shape index (κ2) is 12.3. The van der Waals surface area contributed by atoms with Crippen molar-refractivity contribution in [2.75, 3.05) is 0 Å². The van der Waals surface area contributed by atoms with Gasteiger partial charge in [0.15, 0.2) is 23.1 Å². The van der Waals surface area contributed by atoms with Crippen LogP contribution in [0, 0.1) is 16.7 Å². The average molecular weight is 613 g/mol. The number of Topliss-reactive ketones (excluding diaryl/α,β-unsaturated/α-hetero) is 4. The summed E-state index contributed by atoms with van der Waals surface area (Å²) in [5, 5.41) is 46.4. The van der Waals surface area contributed by atoms with Crippen molar-refractivity contribution in [3.8, 4) is 17.2 Å². The number of phenols is 3. The van der Waals surface area contributed by atoms with Crippen LogP contribution in [0.3, 0.4) is 0 Å². The van der Waals surface area contributed by atoms with Crippen molar-refractivity contribution in [3.63, 3.8) is 0 Å². The molecule has 0 fully saturated rings. The summed E-state index contributed by atoms with van der Waals surface area (Å²) in [6.07, 6.45) is -0.403. The molecule has 0 bridgehead atoms. The van der Waals surface area contributed by atoms with Crippen molar-refractivity contribution in [1.82, 2.24) is 0 Å². The molecule has 4 N–H and O–H groups in total. The van der Waals surface area contributed by atoms with Gasteiger partial charge in [-0.15, -0.1) is 0 Å². The van der Waals surface area contributed by atoms with Gasteiger partial charge >= 0.3 is 0 Å². The van der Waals surface area contributed by atoms with Gasteiger partial charge in [-0.1, -0.05) is 74.5 Å². The topological polar surface area (TPSA) is 149 Å². The van der Waals surface area contributed by atoms with Crippen LogP contribution < -0.4 is 0 Å². The van der Waals surface area contributed by atoms with Crippen molar-refractivity contribution in [1.29, 1.82) is 0 Å². The van der Waals surface area contributed by atoms with Crippen LogP contribution in [0.2, 0.25) is 0 Å². The maximum atomic E-state index is 14.0. The number of phenolic OH excluding ortho intramolecular Hbond substituents is 3. The highest BCUT2D eigenvalue weighted by Gasteiger charge is 2.55. The second-order valence-corrected chi connectivity index (χ2v) is 13.2. The minimum atomic E-state index is -1.56. The van der Waals surface area contributed by atoms with E-state index >= 15 is 0 Å². The van der Waals surface area contributed by atoms with E-state index in [0.29, 0.717) is 11.1 Å². The molecule has 236 valence electrons. The number of benzene rings is 3. The summed E-state index contributed by atoms with van der Waals surface area (Å²) >= 11 is 0. The third kappa shape index (κ3) is 6.01. The SMILES string of the molecule is CC(C)CC(C1=C(O)C(C)(C)C(=O)C(C)(C)C1=O)c1c(O)c(C(=O)Cc2ccccc2)c(O)c(C(=O)Cc2ccccc2)c1O. The van der Waals surface area contributed by atoms with Gasteiger partial charge in [0, 0.05) is 29.9 Å². The maximum absolute atomic E-state index is 14.0. The van der Waals surface area contributed by atoms with Crippen molar-refractivity contribution in [2.24, 2.45) is 16.7 Å². The highest BCUT2D eigenvalue weighted by molar-refractivity contribution is 6.20. The third-order valence-corrected chi connectivity index (χ3v) is 8.63. The lowest BCUT2D eigenvalue weighted by atomic mass is 9.60. The summed E-state index contributed by atoms with van der Waals surface area (Å²) in [5.74, 6) is -7.05. The van der Waals surface area contributed by atoms with Crippen LogP contribution >= 0.6 is 0 Å². The number of aliphatic hydroxyl groups is 1. The van der Waals surface area contributed by atoms with Crippen LogP contribution in [0.25, 0.3) is 0 Å². The van der Waals surface area contributed by atoms with Gasteiger partial charge < -0.3 is 20.4 Å². The Kier molecular flexibility index (Phi) is 9.10. The number of allylic oxidation sites excluding steroid dienone is 2. The molecule has 4 rings (SSSR count). The quantitative estimate of drug-likeness (QED) is 0.144. The van der Waals surface area contributed by atoms with Gasteiger partial charge in [-0.05, 0) is 51.2 Å². The number of hydrogen-bond donors (Lipinski definition) is 4. The molecule has 0 saturated carbocycles. The number of carbonyl (C=O) groups excluding carboxylic acids is 4. The van der Waals surface area contributed by atoms with E-state index in [4.69, 9.17) is 0 Å². The molecule has 8 nitrogen and oxygen atoms in total. The molecule has 0 aliphatic heterocycles. The minimum absolute atomic E-state index is 0.0794. The lowest BCUT2D eigenvalue weighted by molar-refractivity contribution is -0.144. The Hall–Kier alpha value is -4.72. The molecular formula is C37H40O8. The summed E-state index contributed by atoms with van der Waals surface area (Å²) < 4.78 is 0. The molecule has 1 aliphatic carbocycles. The van der Waals surface area contributed by atoms with Gasteiger partial charge in [0.1, 0.15) is 34.1 Å². The van der Waals surface area contributed by atoms with E-state index in [0.717, 1.165) is 0 Å². The second-order valence-electron chi connectivity index (χ2n) is 13.2. The molecule has 8 heteroatoms. The van der Waals surface area contributed by atoms with Crippen LogP contribution in [-0.4, -0.2) is 43.6 Å². The van der Waals surface area contributed by atoms with E-state index in [1.54, 1.807) is 60.7 Å². The first-order chi connectivity index (χ1) is 21.0. The van der Waals surface area contributed by atoms with E-state index in [1.807, 2.05) is 13.8 Å². The fourth-order valence-electron chi connectivity index (χ4n) is 6.28. The van der Waals surface area contributed by atoms with Gasteiger partial charge in [-0.25, -0.2) is 0 Å². The van der Waals surface area contributed by atoms with Crippen molar-refractivity contribution < 1.29 is 39.6 Å². The van der Waals surface area contributed by atoms with E-state index < -0.39 is 74.0 Å². The van der Waals surface area contributed by atoms with E-state index in [9.17, 15) is 39.6 Å². The van der Waals surface area contributed by atoms with Gasteiger partial charge in [-0.2, -0.15) is 0 Å².